The Morgan fingerprint density at radius 3 is 2.50 bits per heavy atom. The molecule has 0 atom stereocenters. The van der Waals surface area contributed by atoms with E-state index in [1.807, 2.05) is 0 Å². The van der Waals surface area contributed by atoms with Crippen molar-refractivity contribution in [1.29, 1.82) is 0 Å². The first-order valence-corrected chi connectivity index (χ1v) is 7.01. The fourth-order valence-electron chi connectivity index (χ4n) is 1.56. The lowest BCUT2D eigenvalue weighted by molar-refractivity contribution is -0.121. The largest absolute Gasteiger partial charge is 0.459 e. The van der Waals surface area contributed by atoms with E-state index < -0.39 is 5.91 Å². The Morgan fingerprint density at radius 1 is 1.14 bits per heavy atom. The normalized spacial score (nSPS) is 9.86. The molecule has 6 nitrogen and oxygen atoms in total. The molecule has 2 aromatic rings. The number of hydrogen-bond acceptors (Lipinski definition) is 4. The highest BCUT2D eigenvalue weighted by atomic mass is 35.5. The number of carbonyl (C=O) groups is 2. The van der Waals surface area contributed by atoms with E-state index in [-0.39, 0.29) is 23.2 Å². The van der Waals surface area contributed by atoms with E-state index in [4.69, 9.17) is 28.2 Å². The van der Waals surface area contributed by atoms with Crippen molar-refractivity contribution >= 4 is 40.7 Å². The van der Waals surface area contributed by atoms with Crippen molar-refractivity contribution in [3.05, 3.63) is 59.0 Å². The molecule has 0 aliphatic rings. The predicted molar refractivity (Wildman–Crippen MR) is 85.2 cm³/mol. The molecule has 2 rings (SSSR count). The maximum absolute atomic E-state index is 11.7. The van der Waals surface area contributed by atoms with Crippen molar-refractivity contribution in [1.82, 2.24) is 16.2 Å². The summed E-state index contributed by atoms with van der Waals surface area (Å²) in [7, 11) is 0. The Balaban J connectivity index is 1.75. The Labute approximate surface area is 136 Å². The van der Waals surface area contributed by atoms with Gasteiger partial charge in [0.25, 0.3) is 5.91 Å². The van der Waals surface area contributed by atoms with Crippen LogP contribution in [0, 0.1) is 0 Å². The van der Waals surface area contributed by atoms with Crippen LogP contribution in [0.25, 0.3) is 0 Å². The average Bonchev–Trinajstić information content (AvgIpc) is 3.02. The van der Waals surface area contributed by atoms with Crippen LogP contribution >= 0.6 is 23.8 Å². The van der Waals surface area contributed by atoms with Gasteiger partial charge >= 0.3 is 0 Å². The Morgan fingerprint density at radius 2 is 1.86 bits per heavy atom. The van der Waals surface area contributed by atoms with E-state index in [9.17, 15) is 9.59 Å². The van der Waals surface area contributed by atoms with Gasteiger partial charge in [0.1, 0.15) is 0 Å². The van der Waals surface area contributed by atoms with Crippen LogP contribution in [0.5, 0.6) is 0 Å². The first-order chi connectivity index (χ1) is 10.5. The highest BCUT2D eigenvalue weighted by molar-refractivity contribution is 7.80. The minimum atomic E-state index is -0.505. The summed E-state index contributed by atoms with van der Waals surface area (Å²) < 4.78 is 4.91. The monoisotopic (exact) mass is 337 g/mol. The zero-order valence-corrected chi connectivity index (χ0v) is 12.8. The minimum absolute atomic E-state index is 0.0362. The van der Waals surface area contributed by atoms with Crippen LogP contribution in [0.3, 0.4) is 0 Å². The van der Waals surface area contributed by atoms with Crippen LogP contribution in [-0.4, -0.2) is 16.9 Å². The standard InChI is InChI=1S/C14H12ClN3O3S/c15-10-5-3-9(4-6-10)8-12(19)17-18-14(22)16-13(20)11-2-1-7-21-11/h1-7H,8H2,(H,17,19)(H2,16,18,20,22). The lowest BCUT2D eigenvalue weighted by Crippen LogP contribution is -2.48. The maximum atomic E-state index is 11.7. The van der Waals surface area contributed by atoms with Gasteiger partial charge in [-0.1, -0.05) is 23.7 Å². The molecule has 1 heterocycles. The third-order valence-corrected chi connectivity index (χ3v) is 3.02. The van der Waals surface area contributed by atoms with E-state index in [1.54, 1.807) is 30.3 Å². The summed E-state index contributed by atoms with van der Waals surface area (Å²) in [4.78, 5) is 23.3. The molecule has 0 radical (unpaired) electrons. The summed E-state index contributed by atoms with van der Waals surface area (Å²) in [5.74, 6) is -0.692. The number of halogens is 1. The number of furan rings is 1. The van der Waals surface area contributed by atoms with Gasteiger partial charge in [-0.3, -0.25) is 25.8 Å². The molecule has 2 amide bonds. The molecule has 3 N–H and O–H groups in total. The Kier molecular flexibility index (Phi) is 5.51. The summed E-state index contributed by atoms with van der Waals surface area (Å²) in [5, 5.41) is 2.93. The van der Waals surface area contributed by atoms with Crippen molar-refractivity contribution < 1.29 is 14.0 Å². The third kappa shape index (κ3) is 4.87. The number of rotatable bonds is 3. The number of hydrazine groups is 1. The van der Waals surface area contributed by atoms with Crippen LogP contribution in [0.1, 0.15) is 16.1 Å². The molecule has 0 spiro atoms. The van der Waals surface area contributed by atoms with Crippen molar-refractivity contribution in [3.63, 3.8) is 0 Å². The molecule has 1 aromatic heterocycles. The lowest BCUT2D eigenvalue weighted by Gasteiger charge is -2.10. The van der Waals surface area contributed by atoms with E-state index in [1.165, 1.54) is 12.3 Å². The first kappa shape index (κ1) is 16.0. The molecule has 22 heavy (non-hydrogen) atoms. The Hall–Kier alpha value is -2.38. The molecule has 0 aliphatic carbocycles. The van der Waals surface area contributed by atoms with Gasteiger partial charge in [0, 0.05) is 5.02 Å². The third-order valence-electron chi connectivity index (χ3n) is 2.57. The molecule has 0 bridgehead atoms. The van der Waals surface area contributed by atoms with Crippen LogP contribution in [0.2, 0.25) is 5.02 Å². The van der Waals surface area contributed by atoms with Gasteiger partial charge < -0.3 is 4.42 Å². The number of carbonyl (C=O) groups excluding carboxylic acids is 2. The molecule has 0 saturated heterocycles. The van der Waals surface area contributed by atoms with Crippen molar-refractivity contribution in [2.24, 2.45) is 0 Å². The highest BCUT2D eigenvalue weighted by Gasteiger charge is 2.10. The molecule has 1 aromatic carbocycles. The molecule has 114 valence electrons. The van der Waals surface area contributed by atoms with Crippen molar-refractivity contribution in [2.75, 3.05) is 0 Å². The molecule has 0 saturated carbocycles. The molecule has 0 unspecified atom stereocenters. The second kappa shape index (κ2) is 7.58. The molecular weight excluding hydrogens is 326 g/mol. The minimum Gasteiger partial charge on any atom is -0.459 e. The fraction of sp³-hybridized carbons (Fsp3) is 0.0714. The fourth-order valence-corrected chi connectivity index (χ4v) is 1.83. The number of hydrogen-bond donors (Lipinski definition) is 3. The van der Waals surface area contributed by atoms with Gasteiger partial charge in [-0.2, -0.15) is 0 Å². The quantitative estimate of drug-likeness (QED) is 0.587. The van der Waals surface area contributed by atoms with E-state index >= 15 is 0 Å². The second-order valence-corrected chi connectivity index (χ2v) is 5.08. The van der Waals surface area contributed by atoms with Gasteiger partial charge in [-0.05, 0) is 42.0 Å². The van der Waals surface area contributed by atoms with Crippen molar-refractivity contribution in [2.45, 2.75) is 6.42 Å². The van der Waals surface area contributed by atoms with Crippen molar-refractivity contribution in [3.8, 4) is 0 Å². The molecule has 8 heteroatoms. The van der Waals surface area contributed by atoms with E-state index in [0.29, 0.717) is 5.02 Å². The molecular formula is C14H12ClN3O3S. The highest BCUT2D eigenvalue weighted by Crippen LogP contribution is 2.09. The smallest absolute Gasteiger partial charge is 0.293 e. The van der Waals surface area contributed by atoms with E-state index in [0.717, 1.165) is 5.56 Å². The van der Waals surface area contributed by atoms with Gasteiger partial charge in [0.05, 0.1) is 12.7 Å². The summed E-state index contributed by atoms with van der Waals surface area (Å²) in [6, 6.07) is 9.98. The van der Waals surface area contributed by atoms with Crippen LogP contribution in [-0.2, 0) is 11.2 Å². The summed E-state index contributed by atoms with van der Waals surface area (Å²) in [6.07, 6.45) is 1.53. The first-order valence-electron chi connectivity index (χ1n) is 6.22. The SMILES string of the molecule is O=C(Cc1ccc(Cl)cc1)NNC(=S)NC(=O)c1ccco1. The topological polar surface area (TPSA) is 83.4 Å². The maximum Gasteiger partial charge on any atom is 0.293 e. The zero-order chi connectivity index (χ0) is 15.9. The molecule has 0 aliphatic heterocycles. The van der Waals surface area contributed by atoms with E-state index in [2.05, 4.69) is 16.2 Å². The summed E-state index contributed by atoms with van der Waals surface area (Å²) in [6.45, 7) is 0. The number of amides is 2. The van der Waals surface area contributed by atoms with Gasteiger partial charge in [-0.25, -0.2) is 0 Å². The average molecular weight is 338 g/mol. The van der Waals surface area contributed by atoms with Crippen LogP contribution < -0.4 is 16.2 Å². The second-order valence-electron chi connectivity index (χ2n) is 4.24. The zero-order valence-electron chi connectivity index (χ0n) is 11.3. The summed E-state index contributed by atoms with van der Waals surface area (Å²) in [5.41, 5.74) is 5.63. The van der Waals surface area contributed by atoms with Gasteiger partial charge in [-0.15, -0.1) is 0 Å². The number of thiocarbonyl (C=S) groups is 1. The predicted octanol–water partition coefficient (Wildman–Crippen LogP) is 1.81. The van der Waals surface area contributed by atoms with Gasteiger partial charge in [0.2, 0.25) is 5.91 Å². The number of benzene rings is 1. The number of nitrogens with one attached hydrogen (secondary N) is 3. The molecule has 0 fully saturated rings. The van der Waals surface area contributed by atoms with Crippen LogP contribution in [0.15, 0.2) is 47.1 Å². The van der Waals surface area contributed by atoms with Crippen LogP contribution in [0.4, 0.5) is 0 Å². The Bertz CT molecular complexity index is 671. The van der Waals surface area contributed by atoms with Gasteiger partial charge in [0.15, 0.2) is 10.9 Å². The summed E-state index contributed by atoms with van der Waals surface area (Å²) >= 11 is 10.7. The lowest BCUT2D eigenvalue weighted by atomic mass is 10.1.